The van der Waals surface area contributed by atoms with Crippen molar-refractivity contribution < 1.29 is 4.74 Å². The van der Waals surface area contributed by atoms with Crippen LogP contribution in [0.25, 0.3) is 6.08 Å². The van der Waals surface area contributed by atoms with Crippen LogP contribution >= 0.6 is 0 Å². The Balaban J connectivity index is 1.50. The van der Waals surface area contributed by atoms with Crippen molar-refractivity contribution in [3.8, 4) is 0 Å². The van der Waals surface area contributed by atoms with Crippen LogP contribution in [-0.2, 0) is 29.7 Å². The van der Waals surface area contributed by atoms with E-state index in [1.54, 1.807) is 5.56 Å². The van der Waals surface area contributed by atoms with E-state index in [0.29, 0.717) is 5.92 Å². The summed E-state index contributed by atoms with van der Waals surface area (Å²) in [4.78, 5) is 11.1. The lowest BCUT2D eigenvalue weighted by atomic mass is 9.83. The minimum Gasteiger partial charge on any atom is -0.374 e. The highest BCUT2D eigenvalue weighted by molar-refractivity contribution is 5.63. The van der Waals surface area contributed by atoms with Gasteiger partial charge < -0.3 is 9.72 Å². The molecule has 1 saturated carbocycles. The molecule has 0 bridgehead atoms. The summed E-state index contributed by atoms with van der Waals surface area (Å²) in [5.74, 6) is 0.604. The SMILES string of the molecule is COC1(C)C=Cc2[nH]c3c(c2C1)C1C[C@]12c1cccnc1CCN2C3. The van der Waals surface area contributed by atoms with E-state index in [-0.39, 0.29) is 11.1 Å². The van der Waals surface area contributed by atoms with Gasteiger partial charge in [-0.05, 0) is 42.2 Å². The van der Waals surface area contributed by atoms with E-state index in [1.807, 2.05) is 13.3 Å². The van der Waals surface area contributed by atoms with Crippen LogP contribution in [0.1, 0.15) is 53.0 Å². The molecule has 4 heterocycles. The van der Waals surface area contributed by atoms with Crippen molar-refractivity contribution in [3.63, 3.8) is 0 Å². The first-order valence-corrected chi connectivity index (χ1v) is 9.32. The quantitative estimate of drug-likeness (QED) is 0.872. The van der Waals surface area contributed by atoms with Gasteiger partial charge in [-0.1, -0.05) is 12.1 Å². The van der Waals surface area contributed by atoms with Crippen LogP contribution in [0.5, 0.6) is 0 Å². The molecule has 1 spiro atoms. The Morgan fingerprint density at radius 3 is 3.20 bits per heavy atom. The van der Waals surface area contributed by atoms with E-state index in [2.05, 4.69) is 46.1 Å². The van der Waals surface area contributed by atoms with Crippen LogP contribution in [-0.4, -0.2) is 34.1 Å². The number of aromatic nitrogens is 2. The Hall–Kier alpha value is -1.91. The van der Waals surface area contributed by atoms with Gasteiger partial charge in [0.25, 0.3) is 0 Å². The number of methoxy groups -OCH3 is 1. The predicted octanol–water partition coefficient (Wildman–Crippen LogP) is 3.14. The second-order valence-corrected chi connectivity index (χ2v) is 8.29. The minimum absolute atomic E-state index is 0.186. The first kappa shape index (κ1) is 14.3. The van der Waals surface area contributed by atoms with Crippen molar-refractivity contribution in [3.05, 3.63) is 58.2 Å². The Kier molecular flexibility index (Phi) is 2.53. The molecular weight excluding hydrogens is 310 g/mol. The Morgan fingerprint density at radius 2 is 2.32 bits per heavy atom. The highest BCUT2D eigenvalue weighted by Gasteiger charge is 2.65. The Bertz CT molecular complexity index is 929. The van der Waals surface area contributed by atoms with Crippen LogP contribution in [0.15, 0.2) is 24.4 Å². The zero-order valence-corrected chi connectivity index (χ0v) is 14.8. The van der Waals surface area contributed by atoms with Gasteiger partial charge in [-0.25, -0.2) is 0 Å². The fourth-order valence-electron chi connectivity index (χ4n) is 5.61. The molecule has 3 atom stereocenters. The first-order chi connectivity index (χ1) is 12.1. The maximum atomic E-state index is 5.78. The second kappa shape index (κ2) is 4.43. The average Bonchev–Trinajstić information content (AvgIpc) is 3.28. The molecule has 2 aromatic heterocycles. The maximum Gasteiger partial charge on any atom is 0.0875 e. The smallest absolute Gasteiger partial charge is 0.0875 e. The van der Waals surface area contributed by atoms with Gasteiger partial charge >= 0.3 is 0 Å². The van der Waals surface area contributed by atoms with E-state index in [0.717, 1.165) is 25.9 Å². The van der Waals surface area contributed by atoms with Gasteiger partial charge in [-0.2, -0.15) is 0 Å². The summed E-state index contributed by atoms with van der Waals surface area (Å²) in [5, 5.41) is 0. The molecule has 4 nitrogen and oxygen atoms in total. The summed E-state index contributed by atoms with van der Waals surface area (Å²) in [6.45, 7) is 4.34. The molecule has 25 heavy (non-hydrogen) atoms. The summed E-state index contributed by atoms with van der Waals surface area (Å²) >= 11 is 0. The van der Waals surface area contributed by atoms with E-state index < -0.39 is 0 Å². The zero-order valence-electron chi connectivity index (χ0n) is 14.8. The maximum absolute atomic E-state index is 5.78. The molecule has 4 aliphatic rings. The number of aromatic amines is 1. The van der Waals surface area contributed by atoms with Crippen LogP contribution in [0.2, 0.25) is 0 Å². The molecule has 0 amide bonds. The summed E-state index contributed by atoms with van der Waals surface area (Å²) in [5.41, 5.74) is 8.61. The lowest BCUT2D eigenvalue weighted by Gasteiger charge is -2.41. The zero-order chi connectivity index (χ0) is 16.8. The molecule has 1 N–H and O–H groups in total. The third-order valence-corrected chi connectivity index (χ3v) is 7.03. The minimum atomic E-state index is -0.186. The number of hydrogen-bond donors (Lipinski definition) is 1. The number of fused-ring (bicyclic) bond motifs is 5. The number of ether oxygens (including phenoxy) is 1. The van der Waals surface area contributed by atoms with Crippen LogP contribution in [0.3, 0.4) is 0 Å². The van der Waals surface area contributed by atoms with Crippen molar-refractivity contribution >= 4 is 6.08 Å². The lowest BCUT2D eigenvalue weighted by molar-refractivity contribution is 0.0485. The van der Waals surface area contributed by atoms with Gasteiger partial charge in [0, 0.05) is 62.2 Å². The molecule has 2 unspecified atom stereocenters. The number of nitrogens with zero attached hydrogens (tertiary/aromatic N) is 2. The van der Waals surface area contributed by atoms with E-state index >= 15 is 0 Å². The molecule has 2 aliphatic heterocycles. The average molecular weight is 333 g/mol. The molecular formula is C21H23N3O. The Labute approximate surface area is 147 Å². The molecule has 128 valence electrons. The largest absolute Gasteiger partial charge is 0.374 e. The molecule has 2 aliphatic carbocycles. The third-order valence-electron chi connectivity index (χ3n) is 7.03. The van der Waals surface area contributed by atoms with Gasteiger partial charge in [0.2, 0.25) is 0 Å². The Morgan fingerprint density at radius 1 is 1.40 bits per heavy atom. The fourth-order valence-corrected chi connectivity index (χ4v) is 5.61. The predicted molar refractivity (Wildman–Crippen MR) is 96.3 cm³/mol. The van der Waals surface area contributed by atoms with Gasteiger partial charge in [0.05, 0.1) is 11.1 Å². The number of rotatable bonds is 1. The van der Waals surface area contributed by atoms with Gasteiger partial charge in [-0.3, -0.25) is 9.88 Å². The molecule has 0 radical (unpaired) electrons. The van der Waals surface area contributed by atoms with Crippen molar-refractivity contribution in [2.24, 2.45) is 0 Å². The van der Waals surface area contributed by atoms with Crippen molar-refractivity contribution in [2.75, 3.05) is 13.7 Å². The summed E-state index contributed by atoms with van der Waals surface area (Å²) in [7, 11) is 1.82. The number of H-pyrrole nitrogens is 1. The van der Waals surface area contributed by atoms with E-state index in [9.17, 15) is 0 Å². The highest BCUT2D eigenvalue weighted by Crippen LogP contribution is 2.68. The summed E-state index contributed by atoms with van der Waals surface area (Å²) < 4.78 is 5.78. The van der Waals surface area contributed by atoms with Crippen LogP contribution < -0.4 is 0 Å². The van der Waals surface area contributed by atoms with Crippen LogP contribution in [0, 0.1) is 0 Å². The molecule has 4 heteroatoms. The molecule has 2 aromatic rings. The van der Waals surface area contributed by atoms with Gasteiger partial charge in [0.15, 0.2) is 0 Å². The second-order valence-electron chi connectivity index (χ2n) is 8.29. The standard InChI is InChI=1S/C21H23N3O/c1-20(25-2)7-5-16-13(10-20)19-15-11-21(15)14-4-3-8-22-17(14)6-9-24(21)12-18(19)23-16/h3-5,7-8,15,23H,6,9-12H2,1-2H3/t15?,20?,21-/m0/s1. The normalized spacial score (nSPS) is 34.6. The van der Waals surface area contributed by atoms with Crippen molar-refractivity contribution in [1.29, 1.82) is 0 Å². The monoisotopic (exact) mass is 333 g/mol. The number of hydrogen-bond acceptors (Lipinski definition) is 3. The van der Waals surface area contributed by atoms with Crippen molar-refractivity contribution in [1.82, 2.24) is 14.9 Å². The van der Waals surface area contributed by atoms with E-state index in [1.165, 1.54) is 34.6 Å². The third kappa shape index (κ3) is 1.67. The fraction of sp³-hybridized carbons (Fsp3) is 0.476. The van der Waals surface area contributed by atoms with E-state index in [4.69, 9.17) is 4.74 Å². The number of nitrogens with one attached hydrogen (secondary N) is 1. The van der Waals surface area contributed by atoms with Gasteiger partial charge in [0.1, 0.15) is 0 Å². The number of pyridine rings is 1. The molecule has 0 aromatic carbocycles. The van der Waals surface area contributed by atoms with Crippen LogP contribution in [0.4, 0.5) is 0 Å². The van der Waals surface area contributed by atoms with Gasteiger partial charge in [-0.15, -0.1) is 0 Å². The topological polar surface area (TPSA) is 41.1 Å². The summed E-state index contributed by atoms with van der Waals surface area (Å²) in [6.07, 6.45) is 9.65. The van der Waals surface area contributed by atoms with Crippen molar-refractivity contribution in [2.45, 2.75) is 49.8 Å². The molecule has 0 saturated heterocycles. The lowest BCUT2D eigenvalue weighted by Crippen LogP contribution is -2.44. The molecule has 6 rings (SSSR count). The first-order valence-electron chi connectivity index (χ1n) is 9.32. The summed E-state index contributed by atoms with van der Waals surface area (Å²) in [6, 6.07) is 4.43. The highest BCUT2D eigenvalue weighted by atomic mass is 16.5. The molecule has 1 fully saturated rings.